The normalized spacial score (nSPS) is 19.8. The van der Waals surface area contributed by atoms with Crippen molar-refractivity contribution in [2.45, 2.75) is 6.10 Å². The highest BCUT2D eigenvalue weighted by Crippen LogP contribution is 2.20. The van der Waals surface area contributed by atoms with Gasteiger partial charge in [-0.25, -0.2) is 0 Å². The quantitative estimate of drug-likeness (QED) is 0.693. The van der Waals surface area contributed by atoms with E-state index in [-0.39, 0.29) is 6.10 Å². The second-order valence-electron chi connectivity index (χ2n) is 2.80. The van der Waals surface area contributed by atoms with Gasteiger partial charge >= 0.3 is 0 Å². The summed E-state index contributed by atoms with van der Waals surface area (Å²) < 4.78 is 0. The molecule has 1 aliphatic rings. The maximum Gasteiger partial charge on any atom is 0.150 e. The van der Waals surface area contributed by atoms with E-state index >= 15 is 0 Å². The Morgan fingerprint density at radius 3 is 3.08 bits per heavy atom. The summed E-state index contributed by atoms with van der Waals surface area (Å²) in [5.74, 6) is 0. The van der Waals surface area contributed by atoms with Crippen LogP contribution in [0.2, 0.25) is 0 Å². The summed E-state index contributed by atoms with van der Waals surface area (Å²) in [5, 5.41) is 0. The molecule has 66 valence electrons. The fraction of sp³-hybridized carbons (Fsp3) is 0.100. The smallest absolute Gasteiger partial charge is 0.150 e. The van der Waals surface area contributed by atoms with Crippen LogP contribution in [0.25, 0.3) is 0 Å². The van der Waals surface area contributed by atoms with Crippen molar-refractivity contribution in [2.24, 2.45) is 0 Å². The molecule has 0 saturated heterocycles. The van der Waals surface area contributed by atoms with Crippen LogP contribution in [0.3, 0.4) is 0 Å². The molecule has 0 bridgehead atoms. The molecule has 0 spiro atoms. The lowest BCUT2D eigenvalue weighted by molar-refractivity contribution is 0.0470. The Morgan fingerprint density at radius 2 is 2.38 bits per heavy atom. The molecule has 3 heteroatoms. The molecule has 0 saturated carbocycles. The van der Waals surface area contributed by atoms with Crippen LogP contribution in [0, 0.1) is 0 Å². The number of benzene rings is 1. The van der Waals surface area contributed by atoms with Crippen LogP contribution in [0.5, 0.6) is 0 Å². The number of carbonyl (C=O) groups is 1. The topological polar surface area (TPSA) is 38.3 Å². The summed E-state index contributed by atoms with van der Waals surface area (Å²) >= 11 is 0. The molecule has 3 nitrogen and oxygen atoms in total. The molecule has 0 aromatic heterocycles. The van der Waals surface area contributed by atoms with Gasteiger partial charge in [0.25, 0.3) is 0 Å². The average Bonchev–Trinajstić information content (AvgIpc) is 2.71. The van der Waals surface area contributed by atoms with Crippen molar-refractivity contribution in [2.75, 3.05) is 0 Å². The standard InChI is InChI=1S/C10H9NO2/c12-7-8-2-1-3-9(6-8)10-4-5-11-13-10/h1-7,10-11H. The molecule has 13 heavy (non-hydrogen) atoms. The number of nitrogens with one attached hydrogen (secondary N) is 1. The average molecular weight is 175 g/mol. The fourth-order valence-electron chi connectivity index (χ4n) is 1.27. The molecule has 0 fully saturated rings. The van der Waals surface area contributed by atoms with Gasteiger partial charge in [0, 0.05) is 11.8 Å². The Bertz CT molecular complexity index is 347. The summed E-state index contributed by atoms with van der Waals surface area (Å²) in [6.07, 6.45) is 4.37. The van der Waals surface area contributed by atoms with E-state index < -0.39 is 0 Å². The third-order valence-electron chi connectivity index (χ3n) is 1.91. The van der Waals surface area contributed by atoms with Crippen molar-refractivity contribution >= 4 is 6.29 Å². The largest absolute Gasteiger partial charge is 0.298 e. The third kappa shape index (κ3) is 1.60. The summed E-state index contributed by atoms with van der Waals surface area (Å²) in [5.41, 5.74) is 4.29. The van der Waals surface area contributed by atoms with Crippen LogP contribution in [-0.4, -0.2) is 6.29 Å². The maximum atomic E-state index is 10.5. The van der Waals surface area contributed by atoms with Crippen LogP contribution in [0.15, 0.2) is 36.5 Å². The molecular weight excluding hydrogens is 166 g/mol. The first-order valence-corrected chi connectivity index (χ1v) is 4.03. The van der Waals surface area contributed by atoms with E-state index in [0.29, 0.717) is 5.56 Å². The van der Waals surface area contributed by atoms with Crippen molar-refractivity contribution in [3.8, 4) is 0 Å². The second kappa shape index (κ2) is 3.41. The minimum atomic E-state index is -0.0834. The second-order valence-corrected chi connectivity index (χ2v) is 2.80. The van der Waals surface area contributed by atoms with Gasteiger partial charge in [-0.15, -0.1) is 0 Å². The minimum absolute atomic E-state index is 0.0834. The van der Waals surface area contributed by atoms with E-state index in [2.05, 4.69) is 5.48 Å². The number of hydrogen-bond donors (Lipinski definition) is 1. The lowest BCUT2D eigenvalue weighted by Gasteiger charge is -2.07. The van der Waals surface area contributed by atoms with Gasteiger partial charge in [0.1, 0.15) is 12.4 Å². The predicted molar refractivity (Wildman–Crippen MR) is 47.9 cm³/mol. The van der Waals surface area contributed by atoms with E-state index in [1.54, 1.807) is 12.3 Å². The third-order valence-corrected chi connectivity index (χ3v) is 1.91. The number of carbonyl (C=O) groups excluding carboxylic acids is 1. The van der Waals surface area contributed by atoms with Crippen molar-refractivity contribution in [1.82, 2.24) is 5.48 Å². The molecule has 1 atom stereocenters. The zero-order valence-corrected chi connectivity index (χ0v) is 6.94. The van der Waals surface area contributed by atoms with E-state index in [1.165, 1.54) is 0 Å². The predicted octanol–water partition coefficient (Wildman–Crippen LogP) is 1.59. The first-order chi connectivity index (χ1) is 6.40. The molecule has 1 unspecified atom stereocenters. The molecular formula is C10H9NO2. The van der Waals surface area contributed by atoms with E-state index in [4.69, 9.17) is 4.84 Å². The van der Waals surface area contributed by atoms with Crippen LogP contribution in [0.4, 0.5) is 0 Å². The van der Waals surface area contributed by atoms with E-state index in [9.17, 15) is 4.79 Å². The van der Waals surface area contributed by atoms with Gasteiger partial charge < -0.3 is 0 Å². The molecule has 1 heterocycles. The highest BCUT2D eigenvalue weighted by Gasteiger charge is 2.12. The molecule has 0 aliphatic carbocycles. The maximum absolute atomic E-state index is 10.5. The lowest BCUT2D eigenvalue weighted by Crippen LogP contribution is -2.03. The van der Waals surface area contributed by atoms with Gasteiger partial charge in [0.15, 0.2) is 0 Å². The number of hydrogen-bond acceptors (Lipinski definition) is 3. The first-order valence-electron chi connectivity index (χ1n) is 4.03. The molecule has 2 rings (SSSR count). The fourth-order valence-corrected chi connectivity index (χ4v) is 1.27. The van der Waals surface area contributed by atoms with Gasteiger partial charge in [0.2, 0.25) is 0 Å². The zero-order valence-electron chi connectivity index (χ0n) is 6.94. The molecule has 0 amide bonds. The van der Waals surface area contributed by atoms with Gasteiger partial charge in [0.05, 0.1) is 0 Å². The highest BCUT2D eigenvalue weighted by atomic mass is 16.7. The SMILES string of the molecule is O=Cc1cccc(C2C=CNO2)c1. The van der Waals surface area contributed by atoms with Crippen molar-refractivity contribution in [3.63, 3.8) is 0 Å². The summed E-state index contributed by atoms with van der Waals surface area (Å²) in [7, 11) is 0. The van der Waals surface area contributed by atoms with E-state index in [0.717, 1.165) is 11.8 Å². The molecule has 1 N–H and O–H groups in total. The first kappa shape index (κ1) is 8.01. The highest BCUT2D eigenvalue weighted by molar-refractivity contribution is 5.75. The Balaban J connectivity index is 2.29. The number of hydroxylamine groups is 1. The van der Waals surface area contributed by atoms with Crippen molar-refractivity contribution in [3.05, 3.63) is 47.7 Å². The minimum Gasteiger partial charge on any atom is -0.298 e. The summed E-state index contributed by atoms with van der Waals surface area (Å²) in [6, 6.07) is 7.35. The van der Waals surface area contributed by atoms with Gasteiger partial charge in [-0.1, -0.05) is 18.2 Å². The summed E-state index contributed by atoms with van der Waals surface area (Å²) in [4.78, 5) is 15.7. The molecule has 0 radical (unpaired) electrons. The van der Waals surface area contributed by atoms with Crippen molar-refractivity contribution < 1.29 is 9.63 Å². The van der Waals surface area contributed by atoms with Crippen LogP contribution in [0.1, 0.15) is 22.0 Å². The van der Waals surface area contributed by atoms with E-state index in [1.807, 2.05) is 24.3 Å². The monoisotopic (exact) mass is 175 g/mol. The zero-order chi connectivity index (χ0) is 9.10. The lowest BCUT2D eigenvalue weighted by atomic mass is 10.1. The Kier molecular flexibility index (Phi) is 2.10. The van der Waals surface area contributed by atoms with Gasteiger partial charge in [-0.3, -0.25) is 15.1 Å². The van der Waals surface area contributed by atoms with Crippen molar-refractivity contribution in [1.29, 1.82) is 0 Å². The molecule has 1 aliphatic heterocycles. The van der Waals surface area contributed by atoms with Gasteiger partial charge in [-0.2, -0.15) is 0 Å². The molecule has 1 aromatic carbocycles. The number of aldehydes is 1. The number of rotatable bonds is 2. The van der Waals surface area contributed by atoms with Crippen LogP contribution >= 0.6 is 0 Å². The van der Waals surface area contributed by atoms with Crippen LogP contribution < -0.4 is 5.48 Å². The molecule has 1 aromatic rings. The Labute approximate surface area is 76.0 Å². The Morgan fingerprint density at radius 1 is 1.46 bits per heavy atom. The Hall–Kier alpha value is -1.61. The van der Waals surface area contributed by atoms with Crippen LogP contribution in [-0.2, 0) is 4.84 Å². The summed E-state index contributed by atoms with van der Waals surface area (Å²) in [6.45, 7) is 0. The van der Waals surface area contributed by atoms with Gasteiger partial charge in [-0.05, 0) is 17.7 Å².